The van der Waals surface area contributed by atoms with Crippen molar-refractivity contribution in [3.8, 4) is 5.82 Å². The quantitative estimate of drug-likeness (QED) is 0.763. The predicted molar refractivity (Wildman–Crippen MR) is 71.6 cm³/mol. The first-order valence-corrected chi connectivity index (χ1v) is 6.24. The third-order valence-corrected chi connectivity index (χ3v) is 2.79. The second-order valence-electron chi connectivity index (χ2n) is 4.34. The summed E-state index contributed by atoms with van der Waals surface area (Å²) >= 11 is 0. The van der Waals surface area contributed by atoms with Gasteiger partial charge in [0, 0.05) is 24.4 Å². The predicted octanol–water partition coefficient (Wildman–Crippen LogP) is 0.889. The molecule has 21 heavy (non-hydrogen) atoms. The van der Waals surface area contributed by atoms with E-state index in [1.807, 2.05) is 6.07 Å². The van der Waals surface area contributed by atoms with Crippen LogP contribution < -0.4 is 5.32 Å². The minimum atomic E-state index is -0.330. The van der Waals surface area contributed by atoms with Crippen LogP contribution in [0.15, 0.2) is 41.6 Å². The maximum atomic E-state index is 11.9. The largest absolute Gasteiger partial charge is 0.351 e. The van der Waals surface area contributed by atoms with Crippen molar-refractivity contribution >= 4 is 5.91 Å². The van der Waals surface area contributed by atoms with Gasteiger partial charge >= 0.3 is 0 Å². The molecule has 0 fully saturated rings. The standard InChI is InChI=1S/C13H12N6O2/c1-9-5-11(21-18-9)13(20)16-6-10-3-2-4-15-12(10)19-8-14-7-17-19/h2-5,7-8H,6H2,1H3,(H,16,20). The highest BCUT2D eigenvalue weighted by Crippen LogP contribution is 2.10. The maximum Gasteiger partial charge on any atom is 0.290 e. The van der Waals surface area contributed by atoms with Crippen LogP contribution in [0.25, 0.3) is 5.82 Å². The van der Waals surface area contributed by atoms with E-state index in [1.54, 1.807) is 36.3 Å². The van der Waals surface area contributed by atoms with Crippen molar-refractivity contribution in [2.24, 2.45) is 0 Å². The smallest absolute Gasteiger partial charge is 0.290 e. The molecule has 0 radical (unpaired) electrons. The van der Waals surface area contributed by atoms with Crippen LogP contribution in [-0.4, -0.2) is 30.8 Å². The van der Waals surface area contributed by atoms with E-state index in [0.29, 0.717) is 18.1 Å². The van der Waals surface area contributed by atoms with Crippen LogP contribution in [0.1, 0.15) is 21.8 Å². The van der Waals surface area contributed by atoms with Crippen molar-refractivity contribution in [1.29, 1.82) is 0 Å². The Bertz CT molecular complexity index is 750. The number of hydrogen-bond donors (Lipinski definition) is 1. The number of carbonyl (C=O) groups excluding carboxylic acids is 1. The Labute approximate surface area is 119 Å². The fourth-order valence-corrected chi connectivity index (χ4v) is 1.83. The summed E-state index contributed by atoms with van der Waals surface area (Å²) in [6.45, 7) is 2.05. The molecule has 0 aliphatic carbocycles. The zero-order chi connectivity index (χ0) is 14.7. The number of nitrogens with zero attached hydrogens (tertiary/aromatic N) is 5. The molecule has 8 nitrogen and oxygen atoms in total. The van der Waals surface area contributed by atoms with Gasteiger partial charge in [0.05, 0.1) is 5.69 Å². The fraction of sp³-hybridized carbons (Fsp3) is 0.154. The third kappa shape index (κ3) is 2.78. The minimum absolute atomic E-state index is 0.179. The van der Waals surface area contributed by atoms with Gasteiger partial charge in [0.1, 0.15) is 12.7 Å². The van der Waals surface area contributed by atoms with Crippen molar-refractivity contribution in [2.45, 2.75) is 13.5 Å². The van der Waals surface area contributed by atoms with Crippen LogP contribution in [-0.2, 0) is 6.54 Å². The molecule has 0 bridgehead atoms. The zero-order valence-electron chi connectivity index (χ0n) is 11.2. The molecule has 0 saturated carbocycles. The lowest BCUT2D eigenvalue weighted by atomic mass is 10.2. The molecule has 0 spiro atoms. The highest BCUT2D eigenvalue weighted by Gasteiger charge is 2.13. The van der Waals surface area contributed by atoms with Crippen molar-refractivity contribution < 1.29 is 9.32 Å². The summed E-state index contributed by atoms with van der Waals surface area (Å²) in [5.41, 5.74) is 1.47. The van der Waals surface area contributed by atoms with E-state index in [9.17, 15) is 4.79 Å². The summed E-state index contributed by atoms with van der Waals surface area (Å²) in [5.74, 6) is 0.465. The van der Waals surface area contributed by atoms with Gasteiger partial charge in [-0.1, -0.05) is 11.2 Å². The van der Waals surface area contributed by atoms with Crippen molar-refractivity contribution in [3.63, 3.8) is 0 Å². The highest BCUT2D eigenvalue weighted by atomic mass is 16.5. The number of aryl methyl sites for hydroxylation is 1. The number of nitrogens with one attached hydrogen (secondary N) is 1. The summed E-state index contributed by atoms with van der Waals surface area (Å²) in [6.07, 6.45) is 4.63. The molecule has 0 aliphatic rings. The minimum Gasteiger partial charge on any atom is -0.351 e. The average Bonchev–Trinajstić information content (AvgIpc) is 3.16. The van der Waals surface area contributed by atoms with Gasteiger partial charge in [0.15, 0.2) is 5.82 Å². The molecule has 3 rings (SSSR count). The number of pyridine rings is 1. The average molecular weight is 284 g/mol. The number of rotatable bonds is 4. The highest BCUT2D eigenvalue weighted by molar-refractivity contribution is 5.91. The Balaban J connectivity index is 1.75. The van der Waals surface area contributed by atoms with Crippen molar-refractivity contribution in [2.75, 3.05) is 0 Å². The van der Waals surface area contributed by atoms with E-state index >= 15 is 0 Å². The normalized spacial score (nSPS) is 10.5. The van der Waals surface area contributed by atoms with E-state index in [4.69, 9.17) is 4.52 Å². The Hall–Kier alpha value is -3.03. The van der Waals surface area contributed by atoms with Crippen LogP contribution in [0.2, 0.25) is 0 Å². The van der Waals surface area contributed by atoms with Crippen LogP contribution >= 0.6 is 0 Å². The Morgan fingerprint density at radius 1 is 1.48 bits per heavy atom. The van der Waals surface area contributed by atoms with E-state index in [-0.39, 0.29) is 11.7 Å². The summed E-state index contributed by atoms with van der Waals surface area (Å²) in [5, 5.41) is 10.5. The Kier molecular flexibility index (Phi) is 3.42. The number of amides is 1. The Morgan fingerprint density at radius 3 is 3.10 bits per heavy atom. The topological polar surface area (TPSA) is 98.7 Å². The van der Waals surface area contributed by atoms with Gasteiger partial charge < -0.3 is 9.84 Å². The third-order valence-electron chi connectivity index (χ3n) is 2.79. The molecule has 0 unspecified atom stereocenters. The van der Waals surface area contributed by atoms with Crippen LogP contribution in [0.3, 0.4) is 0 Å². The summed E-state index contributed by atoms with van der Waals surface area (Å²) in [6, 6.07) is 5.23. The van der Waals surface area contributed by atoms with Gasteiger partial charge in [-0.05, 0) is 13.0 Å². The zero-order valence-corrected chi connectivity index (χ0v) is 11.2. The van der Waals surface area contributed by atoms with Crippen LogP contribution in [0.5, 0.6) is 0 Å². The van der Waals surface area contributed by atoms with E-state index < -0.39 is 0 Å². The second kappa shape index (κ2) is 5.53. The molecule has 0 aliphatic heterocycles. The van der Waals surface area contributed by atoms with Crippen LogP contribution in [0.4, 0.5) is 0 Å². The fourth-order valence-electron chi connectivity index (χ4n) is 1.83. The van der Waals surface area contributed by atoms with Gasteiger partial charge in [-0.3, -0.25) is 4.79 Å². The van der Waals surface area contributed by atoms with E-state index in [0.717, 1.165) is 5.56 Å². The number of aromatic nitrogens is 5. The second-order valence-corrected chi connectivity index (χ2v) is 4.34. The lowest BCUT2D eigenvalue weighted by Gasteiger charge is -2.08. The van der Waals surface area contributed by atoms with Crippen molar-refractivity contribution in [1.82, 2.24) is 30.2 Å². The first-order chi connectivity index (χ1) is 10.2. The van der Waals surface area contributed by atoms with Gasteiger partial charge in [0.2, 0.25) is 5.76 Å². The van der Waals surface area contributed by atoms with Gasteiger partial charge in [0.25, 0.3) is 5.91 Å². The molecule has 8 heteroatoms. The monoisotopic (exact) mass is 284 g/mol. The molecule has 1 N–H and O–H groups in total. The van der Waals surface area contributed by atoms with Crippen molar-refractivity contribution in [3.05, 3.63) is 54.1 Å². The molecular weight excluding hydrogens is 272 g/mol. The van der Waals surface area contributed by atoms with Gasteiger partial charge in [-0.2, -0.15) is 5.10 Å². The molecule has 106 valence electrons. The molecule has 0 aromatic carbocycles. The summed E-state index contributed by atoms with van der Waals surface area (Å²) in [4.78, 5) is 20.1. The molecule has 1 amide bonds. The lowest BCUT2D eigenvalue weighted by molar-refractivity contribution is 0.0914. The first-order valence-electron chi connectivity index (χ1n) is 6.24. The number of hydrogen-bond acceptors (Lipinski definition) is 6. The first kappa shape index (κ1) is 13.0. The van der Waals surface area contributed by atoms with Gasteiger partial charge in [-0.15, -0.1) is 0 Å². The maximum absolute atomic E-state index is 11.9. The van der Waals surface area contributed by atoms with E-state index in [2.05, 4.69) is 25.5 Å². The van der Waals surface area contributed by atoms with Crippen LogP contribution in [0, 0.1) is 6.92 Å². The summed E-state index contributed by atoms with van der Waals surface area (Å²) in [7, 11) is 0. The molecule has 3 aromatic rings. The lowest BCUT2D eigenvalue weighted by Crippen LogP contribution is -2.23. The molecule has 3 aromatic heterocycles. The molecule has 0 saturated heterocycles. The molecular formula is C13H12N6O2. The SMILES string of the molecule is Cc1cc(C(=O)NCc2cccnc2-n2cncn2)on1. The Morgan fingerprint density at radius 2 is 2.38 bits per heavy atom. The molecule has 0 atom stereocenters. The van der Waals surface area contributed by atoms with Gasteiger partial charge in [-0.25, -0.2) is 14.6 Å². The summed E-state index contributed by atoms with van der Waals surface area (Å²) < 4.78 is 6.45. The molecule has 3 heterocycles. The number of carbonyl (C=O) groups is 1. The van der Waals surface area contributed by atoms with E-state index in [1.165, 1.54) is 6.33 Å².